The van der Waals surface area contributed by atoms with Gasteiger partial charge < -0.3 is 9.64 Å². The lowest BCUT2D eigenvalue weighted by atomic mass is 10.1. The third kappa shape index (κ3) is 3.88. The monoisotopic (exact) mass is 381 g/mol. The van der Waals surface area contributed by atoms with Crippen LogP contribution >= 0.6 is 11.3 Å². The van der Waals surface area contributed by atoms with Gasteiger partial charge >= 0.3 is 0 Å². The second-order valence-corrected chi connectivity index (χ2v) is 7.62. The predicted octanol–water partition coefficient (Wildman–Crippen LogP) is 3.37. The predicted molar refractivity (Wildman–Crippen MR) is 109 cm³/mol. The van der Waals surface area contributed by atoms with Gasteiger partial charge in [-0.25, -0.2) is 4.98 Å². The molecule has 1 aliphatic rings. The SMILES string of the molecule is COCCN1CCN(C(=O)c2cc(-c3cccs3)nc3ccccc23)CC1. The molecule has 0 spiro atoms. The van der Waals surface area contributed by atoms with Crippen LogP contribution in [0.5, 0.6) is 0 Å². The van der Waals surface area contributed by atoms with Crippen molar-refractivity contribution in [3.8, 4) is 10.6 Å². The maximum atomic E-state index is 13.3. The number of thiophene rings is 1. The van der Waals surface area contributed by atoms with Crippen molar-refractivity contribution >= 4 is 28.1 Å². The Kier molecular flexibility index (Phi) is 5.48. The van der Waals surface area contributed by atoms with Crippen LogP contribution in [0.25, 0.3) is 21.5 Å². The van der Waals surface area contributed by atoms with E-state index in [2.05, 4.69) is 4.90 Å². The summed E-state index contributed by atoms with van der Waals surface area (Å²) in [5.74, 6) is 0.0952. The van der Waals surface area contributed by atoms with Crippen molar-refractivity contribution in [1.82, 2.24) is 14.8 Å². The van der Waals surface area contributed by atoms with Crippen LogP contribution in [0.1, 0.15) is 10.4 Å². The van der Waals surface area contributed by atoms with E-state index < -0.39 is 0 Å². The summed E-state index contributed by atoms with van der Waals surface area (Å²) in [6.45, 7) is 4.90. The average molecular weight is 382 g/mol. The number of benzene rings is 1. The van der Waals surface area contributed by atoms with Crippen LogP contribution in [-0.2, 0) is 4.74 Å². The number of hydrogen-bond donors (Lipinski definition) is 0. The smallest absolute Gasteiger partial charge is 0.254 e. The Morgan fingerprint density at radius 3 is 2.70 bits per heavy atom. The lowest BCUT2D eigenvalue weighted by Gasteiger charge is -2.34. The first-order chi connectivity index (χ1) is 13.3. The number of nitrogens with zero attached hydrogens (tertiary/aromatic N) is 3. The molecule has 1 aliphatic heterocycles. The second kappa shape index (κ2) is 8.17. The molecule has 0 N–H and O–H groups in total. The first-order valence-corrected chi connectivity index (χ1v) is 10.1. The number of hydrogen-bond acceptors (Lipinski definition) is 5. The fourth-order valence-corrected chi connectivity index (χ4v) is 4.15. The molecule has 0 radical (unpaired) electrons. The number of methoxy groups -OCH3 is 1. The van der Waals surface area contributed by atoms with Crippen molar-refractivity contribution in [3.05, 3.63) is 53.4 Å². The number of piperazine rings is 1. The van der Waals surface area contributed by atoms with Crippen molar-refractivity contribution in [3.63, 3.8) is 0 Å². The van der Waals surface area contributed by atoms with E-state index >= 15 is 0 Å². The summed E-state index contributed by atoms with van der Waals surface area (Å²) in [5, 5.41) is 2.96. The fourth-order valence-electron chi connectivity index (χ4n) is 3.47. The highest BCUT2D eigenvalue weighted by atomic mass is 32.1. The summed E-state index contributed by atoms with van der Waals surface area (Å²) >= 11 is 1.64. The maximum absolute atomic E-state index is 13.3. The second-order valence-electron chi connectivity index (χ2n) is 6.68. The molecule has 27 heavy (non-hydrogen) atoms. The molecular weight excluding hydrogens is 358 g/mol. The molecule has 3 aromatic rings. The van der Waals surface area contributed by atoms with Gasteiger partial charge in [-0.1, -0.05) is 24.3 Å². The van der Waals surface area contributed by atoms with Crippen LogP contribution in [-0.4, -0.2) is 67.1 Å². The lowest BCUT2D eigenvalue weighted by molar-refractivity contribution is 0.0596. The molecule has 0 aliphatic carbocycles. The van der Waals surface area contributed by atoms with E-state index in [0.29, 0.717) is 0 Å². The highest BCUT2D eigenvalue weighted by Crippen LogP contribution is 2.28. The van der Waals surface area contributed by atoms with Crippen LogP contribution in [0.2, 0.25) is 0 Å². The minimum atomic E-state index is 0.0952. The topological polar surface area (TPSA) is 45.7 Å². The van der Waals surface area contributed by atoms with Crippen LogP contribution in [0.3, 0.4) is 0 Å². The summed E-state index contributed by atoms with van der Waals surface area (Å²) in [7, 11) is 1.72. The Balaban J connectivity index is 1.62. The first kappa shape index (κ1) is 18.1. The number of fused-ring (bicyclic) bond motifs is 1. The molecule has 0 bridgehead atoms. The third-order valence-electron chi connectivity index (χ3n) is 4.99. The molecule has 140 valence electrons. The molecule has 0 atom stereocenters. The van der Waals surface area contributed by atoms with E-state index in [1.807, 2.05) is 52.7 Å². The molecule has 1 fully saturated rings. The zero-order valence-electron chi connectivity index (χ0n) is 15.4. The zero-order valence-corrected chi connectivity index (χ0v) is 16.2. The van der Waals surface area contributed by atoms with Gasteiger partial charge in [-0.2, -0.15) is 0 Å². The molecule has 2 aromatic heterocycles. The number of carbonyl (C=O) groups is 1. The highest BCUT2D eigenvalue weighted by molar-refractivity contribution is 7.13. The highest BCUT2D eigenvalue weighted by Gasteiger charge is 2.24. The van der Waals surface area contributed by atoms with E-state index in [-0.39, 0.29) is 5.91 Å². The van der Waals surface area contributed by atoms with Gasteiger partial charge in [0.25, 0.3) is 5.91 Å². The van der Waals surface area contributed by atoms with Gasteiger partial charge in [-0.05, 0) is 23.6 Å². The van der Waals surface area contributed by atoms with Crippen molar-refractivity contribution in [1.29, 1.82) is 0 Å². The van der Waals surface area contributed by atoms with E-state index in [1.54, 1.807) is 18.4 Å². The van der Waals surface area contributed by atoms with Crippen molar-refractivity contribution in [2.45, 2.75) is 0 Å². The minimum absolute atomic E-state index is 0.0952. The summed E-state index contributed by atoms with van der Waals surface area (Å²) in [6, 6.07) is 13.9. The first-order valence-electron chi connectivity index (χ1n) is 9.20. The number of ether oxygens (including phenoxy) is 1. The van der Waals surface area contributed by atoms with Crippen LogP contribution in [0, 0.1) is 0 Å². The van der Waals surface area contributed by atoms with Crippen molar-refractivity contribution in [2.24, 2.45) is 0 Å². The molecule has 0 unspecified atom stereocenters. The summed E-state index contributed by atoms with van der Waals surface area (Å²) in [6.07, 6.45) is 0. The van der Waals surface area contributed by atoms with Gasteiger partial charge in [0.15, 0.2) is 0 Å². The van der Waals surface area contributed by atoms with E-state index in [0.717, 1.165) is 66.4 Å². The number of carbonyl (C=O) groups excluding carboxylic acids is 1. The van der Waals surface area contributed by atoms with Crippen LogP contribution < -0.4 is 0 Å². The van der Waals surface area contributed by atoms with Crippen molar-refractivity contribution < 1.29 is 9.53 Å². The average Bonchev–Trinajstić information content (AvgIpc) is 3.26. The Bertz CT molecular complexity index is 918. The zero-order chi connectivity index (χ0) is 18.6. The van der Waals surface area contributed by atoms with E-state index in [1.165, 1.54) is 0 Å². The number of para-hydroxylation sites is 1. The molecule has 6 heteroatoms. The summed E-state index contributed by atoms with van der Waals surface area (Å²) < 4.78 is 5.16. The third-order valence-corrected chi connectivity index (χ3v) is 5.88. The van der Waals surface area contributed by atoms with Crippen LogP contribution in [0.15, 0.2) is 47.8 Å². The van der Waals surface area contributed by atoms with Gasteiger partial charge in [0.1, 0.15) is 0 Å². The quantitative estimate of drug-likeness (QED) is 0.680. The maximum Gasteiger partial charge on any atom is 0.254 e. The van der Waals surface area contributed by atoms with E-state index in [9.17, 15) is 4.79 Å². The van der Waals surface area contributed by atoms with Gasteiger partial charge in [0.2, 0.25) is 0 Å². The molecular formula is C21H23N3O2S. The standard InChI is InChI=1S/C21H23N3O2S/c1-26-13-12-23-8-10-24(11-9-23)21(25)17-15-19(20-7-4-14-27-20)22-18-6-3-2-5-16(17)18/h2-7,14-15H,8-13H2,1H3. The normalized spacial score (nSPS) is 15.4. The van der Waals surface area contributed by atoms with Gasteiger partial charge in [-0.3, -0.25) is 9.69 Å². The number of amides is 1. The lowest BCUT2D eigenvalue weighted by Crippen LogP contribution is -2.49. The van der Waals surface area contributed by atoms with Gasteiger partial charge in [0.05, 0.1) is 28.3 Å². The molecule has 5 nitrogen and oxygen atoms in total. The Morgan fingerprint density at radius 2 is 1.96 bits per heavy atom. The van der Waals surface area contributed by atoms with Crippen molar-refractivity contribution in [2.75, 3.05) is 46.4 Å². The fraction of sp³-hybridized carbons (Fsp3) is 0.333. The number of aromatic nitrogens is 1. The molecule has 1 amide bonds. The largest absolute Gasteiger partial charge is 0.383 e. The Labute approximate surface area is 163 Å². The number of pyridine rings is 1. The van der Waals surface area contributed by atoms with E-state index in [4.69, 9.17) is 9.72 Å². The molecule has 1 saturated heterocycles. The molecule has 3 heterocycles. The van der Waals surface area contributed by atoms with Gasteiger partial charge in [0, 0.05) is 45.2 Å². The molecule has 0 saturated carbocycles. The Hall–Kier alpha value is -2.28. The Morgan fingerprint density at radius 1 is 1.15 bits per heavy atom. The number of rotatable bonds is 5. The van der Waals surface area contributed by atoms with Crippen LogP contribution in [0.4, 0.5) is 0 Å². The summed E-state index contributed by atoms with van der Waals surface area (Å²) in [5.41, 5.74) is 2.48. The molecule has 4 rings (SSSR count). The summed E-state index contributed by atoms with van der Waals surface area (Å²) in [4.78, 5) is 23.5. The minimum Gasteiger partial charge on any atom is -0.383 e. The molecule has 1 aromatic carbocycles. The van der Waals surface area contributed by atoms with Gasteiger partial charge in [-0.15, -0.1) is 11.3 Å².